The zero-order chi connectivity index (χ0) is 22.2. The lowest BCUT2D eigenvalue weighted by atomic mass is 10.1. The van der Waals surface area contributed by atoms with E-state index in [1.54, 1.807) is 0 Å². The summed E-state index contributed by atoms with van der Waals surface area (Å²) in [7, 11) is 0. The normalized spacial score (nSPS) is 10.9. The molecule has 1 amide bonds. The average Bonchev–Trinajstić information content (AvgIpc) is 2.97. The van der Waals surface area contributed by atoms with Crippen LogP contribution in [-0.4, -0.2) is 39.1 Å². The summed E-state index contributed by atoms with van der Waals surface area (Å²) in [6, 6.07) is 6.73. The maximum Gasteiger partial charge on any atom is 0.322 e. The number of fused-ring (bicyclic) bond motifs is 1. The standard InChI is InChI=1S/C20H15Cl2FN2O5/c1-9-11(7-16(27)24-8-17(28)29)18-14(4-5-15(26)19(18)23)25(9)20(30)10-2-3-12(21)13(22)6-10/h2-6,26H,7-8H2,1H3,(H,24,27)(H,28,29). The van der Waals surface area contributed by atoms with Crippen LogP contribution in [0.1, 0.15) is 21.6 Å². The van der Waals surface area contributed by atoms with Gasteiger partial charge in [-0.15, -0.1) is 0 Å². The number of nitrogens with one attached hydrogen (secondary N) is 1. The third-order valence-corrected chi connectivity index (χ3v) is 5.30. The quantitative estimate of drug-likeness (QED) is 0.548. The van der Waals surface area contributed by atoms with Crippen LogP contribution in [0.3, 0.4) is 0 Å². The number of carboxylic acids is 1. The molecule has 10 heteroatoms. The van der Waals surface area contributed by atoms with Gasteiger partial charge in [-0.2, -0.15) is 0 Å². The van der Waals surface area contributed by atoms with E-state index in [0.717, 1.165) is 6.07 Å². The molecule has 1 aromatic heterocycles. The Morgan fingerprint density at radius 2 is 1.83 bits per heavy atom. The number of aromatic nitrogens is 1. The predicted octanol–water partition coefficient (Wildman–Crippen LogP) is 3.53. The van der Waals surface area contributed by atoms with Gasteiger partial charge in [0, 0.05) is 16.6 Å². The van der Waals surface area contributed by atoms with Gasteiger partial charge in [-0.1, -0.05) is 23.2 Å². The second-order valence-corrected chi connectivity index (χ2v) is 7.29. The van der Waals surface area contributed by atoms with Gasteiger partial charge in [-0.3, -0.25) is 19.0 Å². The summed E-state index contributed by atoms with van der Waals surface area (Å²) in [4.78, 5) is 36.0. The van der Waals surface area contributed by atoms with E-state index in [0.29, 0.717) is 0 Å². The number of aliphatic carboxylic acids is 1. The van der Waals surface area contributed by atoms with Gasteiger partial charge < -0.3 is 15.5 Å². The van der Waals surface area contributed by atoms with Crippen molar-refractivity contribution in [3.05, 3.63) is 63.0 Å². The van der Waals surface area contributed by atoms with Crippen LogP contribution < -0.4 is 5.32 Å². The van der Waals surface area contributed by atoms with E-state index in [-0.39, 0.29) is 37.8 Å². The largest absolute Gasteiger partial charge is 0.505 e. The fourth-order valence-electron chi connectivity index (χ4n) is 3.16. The molecule has 2 aromatic carbocycles. The molecule has 0 fully saturated rings. The minimum atomic E-state index is -1.24. The highest BCUT2D eigenvalue weighted by molar-refractivity contribution is 6.42. The van der Waals surface area contributed by atoms with Gasteiger partial charge >= 0.3 is 5.97 Å². The molecule has 0 spiro atoms. The van der Waals surface area contributed by atoms with Crippen molar-refractivity contribution in [3.63, 3.8) is 0 Å². The summed E-state index contributed by atoms with van der Waals surface area (Å²) in [5, 5.41) is 21.0. The maximum atomic E-state index is 14.8. The van der Waals surface area contributed by atoms with E-state index >= 15 is 0 Å². The Morgan fingerprint density at radius 1 is 1.13 bits per heavy atom. The Morgan fingerprint density at radius 3 is 2.47 bits per heavy atom. The van der Waals surface area contributed by atoms with Gasteiger partial charge in [0.1, 0.15) is 6.54 Å². The van der Waals surface area contributed by atoms with E-state index in [2.05, 4.69) is 5.32 Å². The first kappa shape index (κ1) is 21.6. The van der Waals surface area contributed by atoms with Crippen molar-refractivity contribution in [1.82, 2.24) is 9.88 Å². The van der Waals surface area contributed by atoms with E-state index < -0.39 is 42.3 Å². The summed E-state index contributed by atoms with van der Waals surface area (Å²) in [6.07, 6.45) is -0.391. The van der Waals surface area contributed by atoms with Crippen LogP contribution in [0.15, 0.2) is 30.3 Å². The topological polar surface area (TPSA) is 109 Å². The van der Waals surface area contributed by atoms with Crippen LogP contribution >= 0.6 is 23.2 Å². The monoisotopic (exact) mass is 452 g/mol. The highest BCUT2D eigenvalue weighted by atomic mass is 35.5. The molecule has 0 radical (unpaired) electrons. The van der Waals surface area contributed by atoms with Crippen molar-refractivity contribution in [1.29, 1.82) is 0 Å². The lowest BCUT2D eigenvalue weighted by molar-refractivity contribution is -0.137. The molecule has 0 unspecified atom stereocenters. The predicted molar refractivity (Wildman–Crippen MR) is 109 cm³/mol. The number of hydrogen-bond acceptors (Lipinski definition) is 4. The number of rotatable bonds is 5. The van der Waals surface area contributed by atoms with Gasteiger partial charge in [0.05, 0.1) is 22.0 Å². The number of phenols is 1. The van der Waals surface area contributed by atoms with E-state index in [9.17, 15) is 23.9 Å². The van der Waals surface area contributed by atoms with E-state index in [1.165, 1.54) is 35.8 Å². The van der Waals surface area contributed by atoms with E-state index in [1.807, 2.05) is 0 Å². The first-order chi connectivity index (χ1) is 14.1. The Bertz CT molecular complexity index is 1210. The number of benzene rings is 2. The van der Waals surface area contributed by atoms with Crippen LogP contribution in [0.2, 0.25) is 10.0 Å². The van der Waals surface area contributed by atoms with Crippen molar-refractivity contribution < 1.29 is 29.0 Å². The van der Waals surface area contributed by atoms with Crippen LogP contribution in [0.5, 0.6) is 5.75 Å². The Balaban J connectivity index is 2.15. The number of hydrogen-bond donors (Lipinski definition) is 3. The Labute approximate surface area is 179 Å². The molecule has 0 bridgehead atoms. The molecule has 7 nitrogen and oxygen atoms in total. The molecule has 0 aliphatic heterocycles. The molecular weight excluding hydrogens is 438 g/mol. The van der Waals surface area contributed by atoms with Crippen LogP contribution in [-0.2, 0) is 16.0 Å². The van der Waals surface area contributed by atoms with Crippen LogP contribution in [0.4, 0.5) is 4.39 Å². The number of carboxylic acid groups (broad SMARTS) is 1. The van der Waals surface area contributed by atoms with Gasteiger partial charge in [0.2, 0.25) is 5.91 Å². The number of amides is 1. The van der Waals surface area contributed by atoms with E-state index in [4.69, 9.17) is 28.3 Å². The second-order valence-electron chi connectivity index (χ2n) is 6.47. The number of carbonyl (C=O) groups is 3. The Kier molecular flexibility index (Phi) is 6.00. The maximum absolute atomic E-state index is 14.8. The smallest absolute Gasteiger partial charge is 0.322 e. The minimum absolute atomic E-state index is 0.105. The molecule has 0 saturated heterocycles. The molecule has 0 aliphatic rings. The second kappa shape index (κ2) is 8.33. The fraction of sp³-hybridized carbons (Fsp3) is 0.150. The first-order valence-corrected chi connectivity index (χ1v) is 9.37. The van der Waals surface area contributed by atoms with Crippen molar-refractivity contribution in [2.75, 3.05) is 6.54 Å². The fourth-order valence-corrected chi connectivity index (χ4v) is 3.46. The summed E-state index contributed by atoms with van der Waals surface area (Å²) in [5.74, 6) is -4.09. The summed E-state index contributed by atoms with van der Waals surface area (Å²) in [5.41, 5.74) is 0.727. The van der Waals surface area contributed by atoms with Crippen LogP contribution in [0, 0.1) is 12.7 Å². The zero-order valence-electron chi connectivity index (χ0n) is 15.5. The highest BCUT2D eigenvalue weighted by Crippen LogP contribution is 2.34. The number of carbonyl (C=O) groups excluding carboxylic acids is 2. The molecule has 0 saturated carbocycles. The highest BCUT2D eigenvalue weighted by Gasteiger charge is 2.25. The van der Waals surface area contributed by atoms with Crippen molar-refractivity contribution in [2.24, 2.45) is 0 Å². The van der Waals surface area contributed by atoms with Crippen molar-refractivity contribution in [3.8, 4) is 5.75 Å². The summed E-state index contributed by atoms with van der Waals surface area (Å²) >= 11 is 11.9. The molecule has 0 atom stereocenters. The lowest BCUT2D eigenvalue weighted by Crippen LogP contribution is -2.30. The average molecular weight is 453 g/mol. The Hall–Kier alpha value is -3.10. The molecule has 1 heterocycles. The van der Waals surface area contributed by atoms with Gasteiger partial charge in [-0.25, -0.2) is 4.39 Å². The minimum Gasteiger partial charge on any atom is -0.505 e. The third kappa shape index (κ3) is 3.96. The molecule has 3 N–H and O–H groups in total. The first-order valence-electron chi connectivity index (χ1n) is 8.61. The molecule has 156 valence electrons. The van der Waals surface area contributed by atoms with Crippen LogP contribution in [0.25, 0.3) is 10.9 Å². The molecule has 3 rings (SSSR count). The molecular formula is C20H15Cl2FN2O5. The molecule has 0 aliphatic carbocycles. The van der Waals surface area contributed by atoms with Crippen molar-refractivity contribution in [2.45, 2.75) is 13.3 Å². The number of nitrogens with zero attached hydrogens (tertiary/aromatic N) is 1. The SMILES string of the molecule is Cc1c(CC(=O)NCC(=O)O)c2c(F)c(O)ccc2n1C(=O)c1ccc(Cl)c(Cl)c1. The van der Waals surface area contributed by atoms with Crippen molar-refractivity contribution >= 4 is 51.9 Å². The lowest BCUT2D eigenvalue weighted by Gasteiger charge is -2.09. The third-order valence-electron chi connectivity index (χ3n) is 4.56. The molecule has 3 aromatic rings. The zero-order valence-corrected chi connectivity index (χ0v) is 17.0. The number of aromatic hydroxyl groups is 1. The summed E-state index contributed by atoms with van der Waals surface area (Å²) in [6.45, 7) is 0.915. The number of halogens is 3. The van der Waals surface area contributed by atoms with Gasteiger partial charge in [0.15, 0.2) is 11.6 Å². The van der Waals surface area contributed by atoms with Gasteiger partial charge in [-0.05, 0) is 42.8 Å². The van der Waals surface area contributed by atoms with Gasteiger partial charge in [0.25, 0.3) is 5.91 Å². The summed E-state index contributed by atoms with van der Waals surface area (Å²) < 4.78 is 16.0. The number of phenolic OH excluding ortho intramolecular Hbond substituents is 1. The molecule has 30 heavy (non-hydrogen) atoms.